The number of benzene rings is 1. The van der Waals surface area contributed by atoms with Gasteiger partial charge in [0.2, 0.25) is 0 Å². The summed E-state index contributed by atoms with van der Waals surface area (Å²) < 4.78 is 14.0. The van der Waals surface area contributed by atoms with Crippen molar-refractivity contribution < 1.29 is 4.39 Å². The number of nitrogens with zero attached hydrogens (tertiary/aromatic N) is 1. The highest BCUT2D eigenvalue weighted by Gasteiger charge is 2.20. The molecule has 0 radical (unpaired) electrons. The quantitative estimate of drug-likeness (QED) is 0.892. The molecule has 1 N–H and O–H groups in total. The molecule has 4 heteroatoms. The Labute approximate surface area is 126 Å². The van der Waals surface area contributed by atoms with Gasteiger partial charge in [0.1, 0.15) is 5.82 Å². The monoisotopic (exact) mass is 298 g/mol. The van der Waals surface area contributed by atoms with E-state index < -0.39 is 0 Å². The zero-order valence-corrected chi connectivity index (χ0v) is 13.1. The maximum absolute atomic E-state index is 14.0. The summed E-state index contributed by atoms with van der Waals surface area (Å²) in [5.74, 6) is 0.436. The Balaban J connectivity index is 2.03. The number of rotatable bonds is 5. The summed E-state index contributed by atoms with van der Waals surface area (Å²) in [6, 6.07) is 5.67. The summed E-state index contributed by atoms with van der Waals surface area (Å²) in [6.07, 6.45) is 2.42. The summed E-state index contributed by atoms with van der Waals surface area (Å²) in [7, 11) is 0. The summed E-state index contributed by atoms with van der Waals surface area (Å²) in [5, 5.41) is 3.60. The summed E-state index contributed by atoms with van der Waals surface area (Å²) >= 11 is 5.87. The van der Waals surface area contributed by atoms with E-state index in [-0.39, 0.29) is 10.8 Å². The smallest absolute Gasteiger partial charge is 0.146 e. The Morgan fingerprint density at radius 1 is 1.35 bits per heavy atom. The predicted octanol–water partition coefficient (Wildman–Crippen LogP) is 3.69. The van der Waals surface area contributed by atoms with Crippen molar-refractivity contribution >= 4 is 11.6 Å². The molecule has 1 aliphatic heterocycles. The fraction of sp³-hybridized carbons (Fsp3) is 0.625. The number of nitrogens with one attached hydrogen (secondary N) is 1. The van der Waals surface area contributed by atoms with Crippen LogP contribution < -0.4 is 5.32 Å². The molecule has 0 aliphatic carbocycles. The van der Waals surface area contributed by atoms with E-state index in [1.165, 1.54) is 12.8 Å². The fourth-order valence-electron chi connectivity index (χ4n) is 2.74. The number of hydrogen-bond donors (Lipinski definition) is 1. The molecule has 2 nitrogen and oxygen atoms in total. The molecule has 0 spiro atoms. The fourth-order valence-corrected chi connectivity index (χ4v) is 2.94. The van der Waals surface area contributed by atoms with E-state index in [1.54, 1.807) is 6.07 Å². The molecule has 1 aliphatic rings. The molecule has 1 aromatic rings. The lowest BCUT2D eigenvalue weighted by Gasteiger charge is -2.33. The van der Waals surface area contributed by atoms with Crippen molar-refractivity contribution in [3.63, 3.8) is 0 Å². The Hall–Kier alpha value is -0.640. The molecule has 0 amide bonds. The lowest BCUT2D eigenvalue weighted by molar-refractivity contribution is 0.160. The molecule has 1 fully saturated rings. The summed E-state index contributed by atoms with van der Waals surface area (Å²) in [6.45, 7) is 8.20. The second kappa shape index (κ2) is 7.39. The van der Waals surface area contributed by atoms with Gasteiger partial charge in [-0.1, -0.05) is 23.7 Å². The van der Waals surface area contributed by atoms with Gasteiger partial charge in [0, 0.05) is 24.7 Å². The van der Waals surface area contributed by atoms with Crippen LogP contribution in [0.5, 0.6) is 0 Å². The van der Waals surface area contributed by atoms with Crippen molar-refractivity contribution in [3.05, 3.63) is 34.6 Å². The van der Waals surface area contributed by atoms with E-state index in [0.717, 1.165) is 19.6 Å². The van der Waals surface area contributed by atoms with Crippen LogP contribution in [0.15, 0.2) is 18.2 Å². The molecular formula is C16H24ClFN2. The van der Waals surface area contributed by atoms with E-state index in [9.17, 15) is 4.39 Å². The maximum Gasteiger partial charge on any atom is 0.146 e. The largest absolute Gasteiger partial charge is 0.317 e. The normalized spacial score (nSPS) is 17.1. The topological polar surface area (TPSA) is 15.3 Å². The van der Waals surface area contributed by atoms with Crippen LogP contribution in [0.3, 0.4) is 0 Å². The van der Waals surface area contributed by atoms with E-state index in [2.05, 4.69) is 24.1 Å². The van der Waals surface area contributed by atoms with Crippen molar-refractivity contribution in [1.82, 2.24) is 10.2 Å². The van der Waals surface area contributed by atoms with Gasteiger partial charge >= 0.3 is 0 Å². The SMILES string of the molecule is CC(C)N(Cc1cccc(Cl)c1F)CC1CCNCC1. The zero-order valence-electron chi connectivity index (χ0n) is 12.3. The highest BCUT2D eigenvalue weighted by atomic mass is 35.5. The second-order valence-corrected chi connectivity index (χ2v) is 6.34. The van der Waals surface area contributed by atoms with Crippen LogP contribution in [0.1, 0.15) is 32.3 Å². The molecule has 1 aromatic carbocycles. The average molecular weight is 299 g/mol. The van der Waals surface area contributed by atoms with Gasteiger partial charge in [0.25, 0.3) is 0 Å². The minimum absolute atomic E-state index is 0.216. The molecule has 2 rings (SSSR count). The van der Waals surface area contributed by atoms with Gasteiger partial charge in [-0.05, 0) is 51.8 Å². The van der Waals surface area contributed by atoms with Crippen LogP contribution >= 0.6 is 11.6 Å². The van der Waals surface area contributed by atoms with Gasteiger partial charge in [0.05, 0.1) is 5.02 Å². The molecule has 1 saturated heterocycles. The van der Waals surface area contributed by atoms with Crippen molar-refractivity contribution in [2.24, 2.45) is 5.92 Å². The van der Waals surface area contributed by atoms with E-state index in [4.69, 9.17) is 11.6 Å². The van der Waals surface area contributed by atoms with Crippen LogP contribution in [0.4, 0.5) is 4.39 Å². The highest BCUT2D eigenvalue weighted by Crippen LogP contribution is 2.22. The Bertz CT molecular complexity index is 430. The first-order chi connectivity index (χ1) is 9.58. The molecular weight excluding hydrogens is 275 g/mol. The van der Waals surface area contributed by atoms with Gasteiger partial charge in [0.15, 0.2) is 0 Å². The van der Waals surface area contributed by atoms with E-state index in [0.29, 0.717) is 24.1 Å². The minimum Gasteiger partial charge on any atom is -0.317 e. The Kier molecular flexibility index (Phi) is 5.82. The van der Waals surface area contributed by atoms with Crippen LogP contribution in [0.25, 0.3) is 0 Å². The second-order valence-electron chi connectivity index (χ2n) is 5.93. The lowest BCUT2D eigenvalue weighted by Crippen LogP contribution is -2.39. The first-order valence-electron chi connectivity index (χ1n) is 7.45. The third kappa shape index (κ3) is 4.18. The molecule has 112 valence electrons. The molecule has 20 heavy (non-hydrogen) atoms. The van der Waals surface area contributed by atoms with Crippen LogP contribution in [-0.2, 0) is 6.54 Å². The number of piperidine rings is 1. The van der Waals surface area contributed by atoms with Crippen molar-refractivity contribution in [2.75, 3.05) is 19.6 Å². The predicted molar refractivity (Wildman–Crippen MR) is 82.5 cm³/mol. The number of hydrogen-bond acceptors (Lipinski definition) is 2. The molecule has 0 atom stereocenters. The molecule has 0 bridgehead atoms. The Morgan fingerprint density at radius 2 is 2.05 bits per heavy atom. The first-order valence-corrected chi connectivity index (χ1v) is 7.83. The maximum atomic E-state index is 14.0. The summed E-state index contributed by atoms with van der Waals surface area (Å²) in [5.41, 5.74) is 0.695. The highest BCUT2D eigenvalue weighted by molar-refractivity contribution is 6.30. The van der Waals surface area contributed by atoms with E-state index >= 15 is 0 Å². The van der Waals surface area contributed by atoms with Crippen molar-refractivity contribution in [3.8, 4) is 0 Å². The molecule has 1 heterocycles. The lowest BCUT2D eigenvalue weighted by atomic mass is 9.96. The zero-order chi connectivity index (χ0) is 14.5. The molecule has 0 unspecified atom stereocenters. The van der Waals surface area contributed by atoms with E-state index in [1.807, 2.05) is 12.1 Å². The average Bonchev–Trinajstić information content (AvgIpc) is 2.44. The minimum atomic E-state index is -0.273. The van der Waals surface area contributed by atoms with Gasteiger partial charge in [-0.2, -0.15) is 0 Å². The van der Waals surface area contributed by atoms with Gasteiger partial charge in [-0.15, -0.1) is 0 Å². The summed E-state index contributed by atoms with van der Waals surface area (Å²) in [4.78, 5) is 2.35. The van der Waals surface area contributed by atoms with Gasteiger partial charge in [-0.3, -0.25) is 4.90 Å². The standard InChI is InChI=1S/C16H24ClFN2/c1-12(2)20(10-13-6-8-19-9-7-13)11-14-4-3-5-15(17)16(14)18/h3-5,12-13,19H,6-11H2,1-2H3. The third-order valence-corrected chi connectivity index (χ3v) is 4.38. The Morgan fingerprint density at radius 3 is 2.70 bits per heavy atom. The first kappa shape index (κ1) is 15.7. The van der Waals surface area contributed by atoms with Crippen molar-refractivity contribution in [1.29, 1.82) is 0 Å². The molecule has 0 saturated carbocycles. The van der Waals surface area contributed by atoms with Crippen molar-refractivity contribution in [2.45, 2.75) is 39.3 Å². The van der Waals surface area contributed by atoms with Gasteiger partial charge in [-0.25, -0.2) is 4.39 Å². The third-order valence-electron chi connectivity index (χ3n) is 4.09. The van der Waals surface area contributed by atoms with Crippen LogP contribution in [0.2, 0.25) is 5.02 Å². The van der Waals surface area contributed by atoms with Crippen LogP contribution in [0, 0.1) is 11.7 Å². The van der Waals surface area contributed by atoms with Gasteiger partial charge < -0.3 is 5.32 Å². The van der Waals surface area contributed by atoms with Crippen LogP contribution in [-0.4, -0.2) is 30.6 Å². The number of halogens is 2. The molecule has 0 aromatic heterocycles.